The van der Waals surface area contributed by atoms with Crippen LogP contribution in [0.3, 0.4) is 0 Å². The van der Waals surface area contributed by atoms with E-state index in [4.69, 9.17) is 14.2 Å². The van der Waals surface area contributed by atoms with Crippen LogP contribution in [-0.4, -0.2) is 48.9 Å². The lowest BCUT2D eigenvalue weighted by Gasteiger charge is -2.33. The monoisotopic (exact) mass is 591 g/mol. The molecular formula is C34H29N3O7. The number of methoxy groups -OCH3 is 1. The Morgan fingerprint density at radius 2 is 1.66 bits per heavy atom. The molecule has 6 rings (SSSR count). The highest BCUT2D eigenvalue weighted by molar-refractivity contribution is 6.52. The number of nitrogens with zero attached hydrogens (tertiary/aromatic N) is 2. The van der Waals surface area contributed by atoms with Crippen LogP contribution in [-0.2, 0) is 20.9 Å². The predicted octanol–water partition coefficient (Wildman–Crippen LogP) is 4.67. The number of aryl methyl sites for hydroxylation is 1. The summed E-state index contributed by atoms with van der Waals surface area (Å²) in [5, 5.41) is 2.92. The highest BCUT2D eigenvalue weighted by Crippen LogP contribution is 2.37. The zero-order valence-electron chi connectivity index (χ0n) is 24.1. The number of amides is 3. The molecule has 3 amide bonds. The van der Waals surface area contributed by atoms with Crippen LogP contribution >= 0.6 is 0 Å². The molecule has 44 heavy (non-hydrogen) atoms. The molecule has 0 saturated heterocycles. The maximum Gasteiger partial charge on any atom is 0.299 e. The van der Waals surface area contributed by atoms with Crippen molar-refractivity contribution in [1.82, 2.24) is 4.90 Å². The van der Waals surface area contributed by atoms with Crippen LogP contribution in [0.1, 0.15) is 33.1 Å². The zero-order chi connectivity index (χ0) is 30.8. The maximum atomic E-state index is 14.3. The number of hydrogen-bond acceptors (Lipinski definition) is 7. The van der Waals surface area contributed by atoms with E-state index in [9.17, 15) is 19.2 Å². The summed E-state index contributed by atoms with van der Waals surface area (Å²) >= 11 is 0. The molecule has 1 unspecified atom stereocenters. The zero-order valence-corrected chi connectivity index (χ0v) is 24.1. The number of ketones is 1. The molecule has 0 bridgehead atoms. The van der Waals surface area contributed by atoms with E-state index in [0.717, 1.165) is 11.1 Å². The lowest BCUT2D eigenvalue weighted by Crippen LogP contribution is -2.46. The number of nitrogens with one attached hydrogen (secondary N) is 1. The van der Waals surface area contributed by atoms with Crippen molar-refractivity contribution >= 4 is 34.9 Å². The van der Waals surface area contributed by atoms with Crippen LogP contribution < -0.4 is 24.4 Å². The summed E-state index contributed by atoms with van der Waals surface area (Å²) in [7, 11) is 1.55. The van der Waals surface area contributed by atoms with Gasteiger partial charge in [0.15, 0.2) is 11.5 Å². The summed E-state index contributed by atoms with van der Waals surface area (Å²) in [6.45, 7) is 1.60. The first-order chi connectivity index (χ1) is 21.3. The van der Waals surface area contributed by atoms with Crippen LogP contribution in [0.2, 0.25) is 0 Å². The number of para-hydroxylation sites is 1. The minimum absolute atomic E-state index is 0.0397. The van der Waals surface area contributed by atoms with Crippen molar-refractivity contribution in [1.29, 1.82) is 0 Å². The van der Waals surface area contributed by atoms with Crippen LogP contribution in [0, 0.1) is 6.92 Å². The molecule has 0 saturated carbocycles. The Kier molecular flexibility index (Phi) is 7.72. The van der Waals surface area contributed by atoms with Gasteiger partial charge in [0.25, 0.3) is 17.6 Å². The van der Waals surface area contributed by atoms with Gasteiger partial charge in [-0.05, 0) is 66.6 Å². The number of carbonyl (C=O) groups excluding carboxylic acids is 4. The van der Waals surface area contributed by atoms with Gasteiger partial charge in [-0.15, -0.1) is 0 Å². The van der Waals surface area contributed by atoms with Crippen LogP contribution in [0.5, 0.6) is 17.2 Å². The number of fused-ring (bicyclic) bond motifs is 2. The minimum atomic E-state index is -1.15. The average Bonchev–Trinajstić information content (AvgIpc) is 3.60. The molecule has 1 N–H and O–H groups in total. The summed E-state index contributed by atoms with van der Waals surface area (Å²) in [5.41, 5.74) is 3.38. The van der Waals surface area contributed by atoms with Crippen molar-refractivity contribution in [2.24, 2.45) is 0 Å². The molecule has 1 atom stereocenters. The van der Waals surface area contributed by atoms with Gasteiger partial charge in [0, 0.05) is 12.2 Å². The van der Waals surface area contributed by atoms with E-state index in [0.29, 0.717) is 34.2 Å². The van der Waals surface area contributed by atoms with E-state index < -0.39 is 36.1 Å². The first-order valence-electron chi connectivity index (χ1n) is 14.0. The molecule has 0 spiro atoms. The Morgan fingerprint density at radius 1 is 0.932 bits per heavy atom. The highest BCUT2D eigenvalue weighted by Gasteiger charge is 2.39. The average molecular weight is 592 g/mol. The Morgan fingerprint density at radius 3 is 2.41 bits per heavy atom. The summed E-state index contributed by atoms with van der Waals surface area (Å²) in [6, 6.07) is 24.9. The fourth-order valence-electron chi connectivity index (χ4n) is 5.29. The van der Waals surface area contributed by atoms with Gasteiger partial charge < -0.3 is 24.4 Å². The second-order valence-corrected chi connectivity index (χ2v) is 10.5. The van der Waals surface area contributed by atoms with Gasteiger partial charge in [0.05, 0.1) is 18.4 Å². The highest BCUT2D eigenvalue weighted by atomic mass is 16.7. The number of hydrogen-bond donors (Lipinski definition) is 1. The largest absolute Gasteiger partial charge is 0.497 e. The minimum Gasteiger partial charge on any atom is -0.497 e. The number of Topliss-reactive ketones (excluding diaryl/α,β-unsaturated/α-hetero) is 1. The molecule has 2 heterocycles. The summed E-state index contributed by atoms with van der Waals surface area (Å²) in [6.07, 6.45) is 0. The van der Waals surface area contributed by atoms with E-state index in [-0.39, 0.29) is 18.9 Å². The van der Waals surface area contributed by atoms with E-state index in [1.807, 2.05) is 31.2 Å². The summed E-state index contributed by atoms with van der Waals surface area (Å²) < 4.78 is 16.3. The van der Waals surface area contributed by atoms with Crippen molar-refractivity contribution in [2.45, 2.75) is 19.5 Å². The lowest BCUT2D eigenvalue weighted by atomic mass is 10.0. The van der Waals surface area contributed by atoms with E-state index in [1.165, 1.54) is 9.80 Å². The van der Waals surface area contributed by atoms with Crippen LogP contribution in [0.4, 0.5) is 11.4 Å². The number of carbonyl (C=O) groups is 4. The third-order valence-corrected chi connectivity index (χ3v) is 7.60. The van der Waals surface area contributed by atoms with Crippen molar-refractivity contribution in [3.63, 3.8) is 0 Å². The summed E-state index contributed by atoms with van der Waals surface area (Å²) in [5.74, 6) is -0.898. The normalized spacial score (nSPS) is 13.8. The fourth-order valence-corrected chi connectivity index (χ4v) is 5.29. The number of ether oxygens (including phenoxy) is 3. The van der Waals surface area contributed by atoms with Gasteiger partial charge in [0.2, 0.25) is 12.7 Å². The SMILES string of the molecule is COc1ccc(NC(=O)C(c2ccc3c(c2)OCO3)N(Cc2ccc(C)cc2)C(=O)CN2C(=O)C(=O)c3ccccc32)cc1. The fraction of sp³-hybridized carbons (Fsp3) is 0.176. The Balaban J connectivity index is 1.40. The smallest absolute Gasteiger partial charge is 0.299 e. The van der Waals surface area contributed by atoms with Crippen LogP contribution in [0.15, 0.2) is 91.0 Å². The van der Waals surface area contributed by atoms with Crippen molar-refractivity contribution in [2.75, 3.05) is 30.7 Å². The number of anilines is 2. The van der Waals surface area contributed by atoms with Gasteiger partial charge in [-0.3, -0.25) is 24.1 Å². The lowest BCUT2D eigenvalue weighted by molar-refractivity contribution is -0.139. The van der Waals surface area contributed by atoms with Gasteiger partial charge >= 0.3 is 0 Å². The van der Waals surface area contributed by atoms with Crippen LogP contribution in [0.25, 0.3) is 0 Å². The third-order valence-electron chi connectivity index (χ3n) is 7.60. The molecule has 4 aromatic carbocycles. The van der Waals surface area contributed by atoms with E-state index in [1.54, 1.807) is 73.8 Å². The molecular weight excluding hydrogens is 562 g/mol. The Bertz CT molecular complexity index is 1750. The molecule has 10 heteroatoms. The van der Waals surface area contributed by atoms with E-state index in [2.05, 4.69) is 5.32 Å². The standard InChI is InChI=1S/C34H29N3O7/c1-21-7-9-22(10-8-21)18-37(30(38)19-36-27-6-4-3-5-26(27)32(39)34(36)41)31(23-11-16-28-29(17-23)44-20-43-28)33(40)35-24-12-14-25(42-2)15-13-24/h3-17,31H,18-20H2,1-2H3,(H,35,40). The first kappa shape index (κ1) is 28.5. The third kappa shape index (κ3) is 5.57. The van der Waals surface area contributed by atoms with Crippen molar-refractivity contribution < 1.29 is 33.4 Å². The second-order valence-electron chi connectivity index (χ2n) is 10.5. The molecule has 2 aliphatic heterocycles. The molecule has 222 valence electrons. The van der Waals surface area contributed by atoms with Gasteiger partial charge in [-0.25, -0.2) is 0 Å². The maximum absolute atomic E-state index is 14.3. The Labute approximate surface area is 253 Å². The predicted molar refractivity (Wildman–Crippen MR) is 162 cm³/mol. The quantitative estimate of drug-likeness (QED) is 0.282. The number of rotatable bonds is 9. The van der Waals surface area contributed by atoms with Gasteiger partial charge in [-0.1, -0.05) is 48.0 Å². The second kappa shape index (κ2) is 11.9. The molecule has 10 nitrogen and oxygen atoms in total. The van der Waals surface area contributed by atoms with E-state index >= 15 is 0 Å². The summed E-state index contributed by atoms with van der Waals surface area (Å²) in [4.78, 5) is 56.7. The molecule has 2 aliphatic rings. The first-order valence-corrected chi connectivity index (χ1v) is 14.0. The molecule has 0 aromatic heterocycles. The molecule has 0 aliphatic carbocycles. The van der Waals surface area contributed by atoms with Gasteiger partial charge in [0.1, 0.15) is 18.3 Å². The topological polar surface area (TPSA) is 114 Å². The molecule has 4 aromatic rings. The van der Waals surface area contributed by atoms with Gasteiger partial charge in [-0.2, -0.15) is 0 Å². The van der Waals surface area contributed by atoms with Crippen molar-refractivity contribution in [3.05, 3.63) is 113 Å². The van der Waals surface area contributed by atoms with Crippen molar-refractivity contribution in [3.8, 4) is 17.2 Å². The molecule has 0 radical (unpaired) electrons. The molecule has 0 fully saturated rings. The number of benzene rings is 4. The Hall–Kier alpha value is -5.64.